The summed E-state index contributed by atoms with van der Waals surface area (Å²) in [6.07, 6.45) is 0.644. The van der Waals surface area contributed by atoms with Crippen LogP contribution in [0.4, 0.5) is 5.82 Å². The molecule has 1 atom stereocenters. The lowest BCUT2D eigenvalue weighted by Crippen LogP contribution is -2.34. The van der Waals surface area contributed by atoms with Crippen LogP contribution in [0.5, 0.6) is 0 Å². The van der Waals surface area contributed by atoms with Gasteiger partial charge in [-0.25, -0.2) is 4.68 Å². The third-order valence-electron chi connectivity index (χ3n) is 3.92. The molecule has 1 N–H and O–H groups in total. The number of hydrogen-bond acceptors (Lipinski definition) is 4. The van der Waals surface area contributed by atoms with Crippen molar-refractivity contribution in [3.8, 4) is 11.3 Å². The van der Waals surface area contributed by atoms with Gasteiger partial charge in [0.2, 0.25) is 0 Å². The van der Waals surface area contributed by atoms with Crippen LogP contribution in [-0.4, -0.2) is 36.8 Å². The molecule has 0 spiro atoms. The number of methoxy groups -OCH3 is 2. The smallest absolute Gasteiger partial charge is 0.179 e. The minimum atomic E-state index is -0.281. The number of benzene rings is 1. The molecule has 3 rings (SSSR count). The summed E-state index contributed by atoms with van der Waals surface area (Å²) >= 11 is 0. The lowest BCUT2D eigenvalue weighted by Gasteiger charge is -2.30. The van der Waals surface area contributed by atoms with Crippen LogP contribution in [0.1, 0.15) is 18.0 Å². The second-order valence-corrected chi connectivity index (χ2v) is 5.35. The first-order chi connectivity index (χ1) is 10.2. The monoisotopic (exact) mass is 287 g/mol. The number of aromatic nitrogens is 2. The zero-order valence-corrected chi connectivity index (χ0v) is 12.7. The van der Waals surface area contributed by atoms with E-state index in [1.807, 2.05) is 4.68 Å². The third-order valence-corrected chi connectivity index (χ3v) is 3.92. The molecule has 1 aromatic carbocycles. The molecular weight excluding hydrogens is 266 g/mol. The van der Waals surface area contributed by atoms with Gasteiger partial charge in [0.1, 0.15) is 11.9 Å². The number of hydrogen-bond donors (Lipinski definition) is 1. The number of nitrogens with zero attached hydrogens (tertiary/aromatic N) is 2. The summed E-state index contributed by atoms with van der Waals surface area (Å²) in [5.41, 5.74) is 3.34. The van der Waals surface area contributed by atoms with Crippen LogP contribution < -0.4 is 5.32 Å². The van der Waals surface area contributed by atoms with Gasteiger partial charge in [0.25, 0.3) is 0 Å². The molecule has 5 heteroatoms. The van der Waals surface area contributed by atoms with Gasteiger partial charge in [-0.3, -0.25) is 0 Å². The van der Waals surface area contributed by atoms with Gasteiger partial charge in [0.15, 0.2) is 6.29 Å². The molecule has 0 saturated carbocycles. The Hall–Kier alpha value is -1.85. The molecule has 1 aliphatic heterocycles. The van der Waals surface area contributed by atoms with Crippen LogP contribution in [0.15, 0.2) is 30.3 Å². The Bertz CT molecular complexity index is 602. The highest BCUT2D eigenvalue weighted by Gasteiger charge is 2.29. The standard InChI is InChI=1S/C16H21N3O2/c1-11-4-6-12(7-5-11)13-10-15-17-9-8-14(19(15)18-13)16(20-2)21-3/h4-7,10,14,16-17H,8-9H2,1-3H3. The summed E-state index contributed by atoms with van der Waals surface area (Å²) in [5.74, 6) is 1.01. The summed E-state index contributed by atoms with van der Waals surface area (Å²) < 4.78 is 12.8. The first-order valence-corrected chi connectivity index (χ1v) is 7.19. The zero-order valence-electron chi connectivity index (χ0n) is 12.7. The maximum absolute atomic E-state index is 5.42. The second kappa shape index (κ2) is 5.87. The zero-order chi connectivity index (χ0) is 14.8. The Labute approximate surface area is 124 Å². The van der Waals surface area contributed by atoms with E-state index < -0.39 is 0 Å². The molecule has 1 aliphatic rings. The van der Waals surface area contributed by atoms with E-state index in [0.29, 0.717) is 0 Å². The highest BCUT2D eigenvalue weighted by atomic mass is 16.7. The Balaban J connectivity index is 1.95. The third kappa shape index (κ3) is 2.66. The Morgan fingerprint density at radius 3 is 2.62 bits per heavy atom. The number of nitrogens with one attached hydrogen (secondary N) is 1. The van der Waals surface area contributed by atoms with E-state index in [9.17, 15) is 0 Å². The van der Waals surface area contributed by atoms with Crippen molar-refractivity contribution in [2.24, 2.45) is 0 Å². The molecule has 0 radical (unpaired) electrons. The van der Waals surface area contributed by atoms with E-state index >= 15 is 0 Å². The highest BCUT2D eigenvalue weighted by Crippen LogP contribution is 2.31. The molecule has 0 bridgehead atoms. The Morgan fingerprint density at radius 1 is 1.24 bits per heavy atom. The molecular formula is C16H21N3O2. The normalized spacial score (nSPS) is 17.6. The molecule has 0 fully saturated rings. The summed E-state index contributed by atoms with van der Waals surface area (Å²) in [5, 5.41) is 8.13. The topological polar surface area (TPSA) is 48.3 Å². The largest absolute Gasteiger partial charge is 0.370 e. The first kappa shape index (κ1) is 14.1. The number of ether oxygens (including phenoxy) is 2. The lowest BCUT2D eigenvalue weighted by atomic mass is 10.1. The van der Waals surface area contributed by atoms with E-state index in [2.05, 4.69) is 42.6 Å². The van der Waals surface area contributed by atoms with Gasteiger partial charge in [-0.05, 0) is 13.3 Å². The van der Waals surface area contributed by atoms with Gasteiger partial charge >= 0.3 is 0 Å². The minimum Gasteiger partial charge on any atom is -0.370 e. The van der Waals surface area contributed by atoms with Crippen LogP contribution in [0, 0.1) is 6.92 Å². The molecule has 2 aromatic rings. The maximum atomic E-state index is 5.42. The summed E-state index contributed by atoms with van der Waals surface area (Å²) in [6, 6.07) is 10.6. The molecule has 112 valence electrons. The van der Waals surface area contributed by atoms with E-state index in [0.717, 1.165) is 30.0 Å². The summed E-state index contributed by atoms with van der Waals surface area (Å²) in [6.45, 7) is 2.98. The molecule has 0 aliphatic carbocycles. The second-order valence-electron chi connectivity index (χ2n) is 5.35. The predicted molar refractivity (Wildman–Crippen MR) is 82.3 cm³/mol. The van der Waals surface area contributed by atoms with Gasteiger partial charge in [-0.2, -0.15) is 5.10 Å². The Kier molecular flexibility index (Phi) is 3.94. The van der Waals surface area contributed by atoms with Gasteiger partial charge < -0.3 is 14.8 Å². The predicted octanol–water partition coefficient (Wildman–Crippen LogP) is 2.83. The average molecular weight is 287 g/mol. The first-order valence-electron chi connectivity index (χ1n) is 7.19. The van der Waals surface area contributed by atoms with Crippen molar-refractivity contribution in [3.63, 3.8) is 0 Å². The fraction of sp³-hybridized carbons (Fsp3) is 0.438. The molecule has 0 saturated heterocycles. The van der Waals surface area contributed by atoms with Gasteiger partial charge in [0.05, 0.1) is 5.69 Å². The van der Waals surface area contributed by atoms with E-state index in [1.165, 1.54) is 5.56 Å². The van der Waals surface area contributed by atoms with Crippen LogP contribution in [0.25, 0.3) is 11.3 Å². The molecule has 1 unspecified atom stereocenters. The Morgan fingerprint density at radius 2 is 1.95 bits per heavy atom. The molecule has 2 heterocycles. The van der Waals surface area contributed by atoms with Crippen molar-refractivity contribution in [3.05, 3.63) is 35.9 Å². The quantitative estimate of drug-likeness (QED) is 0.878. The van der Waals surface area contributed by atoms with Crippen LogP contribution in [0.2, 0.25) is 0 Å². The average Bonchev–Trinajstić information content (AvgIpc) is 2.94. The van der Waals surface area contributed by atoms with E-state index in [1.54, 1.807) is 14.2 Å². The van der Waals surface area contributed by atoms with Gasteiger partial charge in [-0.1, -0.05) is 29.8 Å². The highest BCUT2D eigenvalue weighted by molar-refractivity contribution is 5.63. The molecule has 0 amide bonds. The van der Waals surface area contributed by atoms with Crippen molar-refractivity contribution in [2.75, 3.05) is 26.1 Å². The van der Waals surface area contributed by atoms with Crippen LogP contribution in [0.3, 0.4) is 0 Å². The van der Waals surface area contributed by atoms with Crippen molar-refractivity contribution in [1.82, 2.24) is 9.78 Å². The number of rotatable bonds is 4. The van der Waals surface area contributed by atoms with Crippen LogP contribution in [-0.2, 0) is 9.47 Å². The van der Waals surface area contributed by atoms with Crippen molar-refractivity contribution in [1.29, 1.82) is 0 Å². The fourth-order valence-corrected chi connectivity index (χ4v) is 2.78. The minimum absolute atomic E-state index is 0.0930. The number of fused-ring (bicyclic) bond motifs is 1. The van der Waals surface area contributed by atoms with Crippen molar-refractivity contribution in [2.45, 2.75) is 25.7 Å². The van der Waals surface area contributed by atoms with Crippen molar-refractivity contribution < 1.29 is 9.47 Å². The molecule has 21 heavy (non-hydrogen) atoms. The summed E-state index contributed by atoms with van der Waals surface area (Å²) in [7, 11) is 3.33. The lowest BCUT2D eigenvalue weighted by molar-refractivity contribution is -0.135. The SMILES string of the molecule is COC(OC)C1CCNc2cc(-c3ccc(C)cc3)nn21. The van der Waals surface area contributed by atoms with Crippen LogP contribution >= 0.6 is 0 Å². The van der Waals surface area contributed by atoms with Crippen molar-refractivity contribution >= 4 is 5.82 Å². The molecule has 5 nitrogen and oxygen atoms in total. The molecule has 1 aromatic heterocycles. The maximum Gasteiger partial charge on any atom is 0.179 e. The van der Waals surface area contributed by atoms with E-state index in [4.69, 9.17) is 14.6 Å². The van der Waals surface area contributed by atoms with E-state index in [-0.39, 0.29) is 12.3 Å². The fourth-order valence-electron chi connectivity index (χ4n) is 2.78. The summed E-state index contributed by atoms with van der Waals surface area (Å²) in [4.78, 5) is 0. The van der Waals surface area contributed by atoms with Gasteiger partial charge in [0, 0.05) is 32.4 Å². The van der Waals surface area contributed by atoms with Gasteiger partial charge in [-0.15, -0.1) is 0 Å². The number of anilines is 1. The number of aryl methyl sites for hydroxylation is 1.